The highest BCUT2D eigenvalue weighted by Gasteiger charge is 2.13. The second-order valence-corrected chi connectivity index (χ2v) is 6.31. The second kappa shape index (κ2) is 10.8. The van der Waals surface area contributed by atoms with Gasteiger partial charge in [-0.3, -0.25) is 9.59 Å². The maximum absolute atomic E-state index is 12.1. The molecule has 2 aromatic carbocycles. The monoisotopic (exact) mass is 398 g/mol. The molecule has 0 aliphatic rings. The summed E-state index contributed by atoms with van der Waals surface area (Å²) in [6.45, 7) is 4.14. The third kappa shape index (κ3) is 6.64. The van der Waals surface area contributed by atoms with Crippen LogP contribution in [0, 0.1) is 0 Å². The average Bonchev–Trinajstić information content (AvgIpc) is 2.72. The Hall–Kier alpha value is -3.35. The molecular formula is C22H26N2O5. The van der Waals surface area contributed by atoms with Gasteiger partial charge in [-0.15, -0.1) is 0 Å². The lowest BCUT2D eigenvalue weighted by molar-refractivity contribution is -0.121. The number of benzene rings is 2. The van der Waals surface area contributed by atoms with E-state index in [1.807, 2.05) is 12.1 Å². The minimum absolute atomic E-state index is 0.128. The van der Waals surface area contributed by atoms with Crippen LogP contribution in [0.2, 0.25) is 0 Å². The first-order chi connectivity index (χ1) is 13.9. The van der Waals surface area contributed by atoms with E-state index >= 15 is 0 Å². The van der Waals surface area contributed by atoms with Crippen LogP contribution in [0.3, 0.4) is 0 Å². The predicted octanol–water partition coefficient (Wildman–Crippen LogP) is 2.58. The van der Waals surface area contributed by atoms with E-state index in [1.165, 1.54) is 6.92 Å². The number of rotatable bonds is 9. The Labute approximate surface area is 170 Å². The summed E-state index contributed by atoms with van der Waals surface area (Å²) in [4.78, 5) is 37.4. The molecule has 1 N–H and O–H groups in total. The van der Waals surface area contributed by atoms with Crippen molar-refractivity contribution < 1.29 is 23.9 Å². The molecule has 7 heteroatoms. The van der Waals surface area contributed by atoms with Crippen LogP contribution in [0.25, 0.3) is 0 Å². The van der Waals surface area contributed by atoms with E-state index in [1.54, 1.807) is 55.3 Å². The number of anilines is 1. The Balaban J connectivity index is 1.89. The summed E-state index contributed by atoms with van der Waals surface area (Å²) >= 11 is 0. The first-order valence-corrected chi connectivity index (χ1v) is 9.39. The van der Waals surface area contributed by atoms with Crippen LogP contribution in [-0.2, 0) is 20.7 Å². The lowest BCUT2D eigenvalue weighted by atomic mass is 10.1. The molecule has 0 aliphatic heterocycles. The van der Waals surface area contributed by atoms with E-state index in [-0.39, 0.29) is 18.2 Å². The van der Waals surface area contributed by atoms with Crippen LogP contribution in [-0.4, -0.2) is 44.6 Å². The van der Waals surface area contributed by atoms with Crippen molar-refractivity contribution in [2.75, 3.05) is 31.7 Å². The molecule has 0 bridgehead atoms. The lowest BCUT2D eigenvalue weighted by Crippen LogP contribution is -2.38. The van der Waals surface area contributed by atoms with Crippen LogP contribution in [0.4, 0.5) is 5.69 Å². The summed E-state index contributed by atoms with van der Waals surface area (Å²) in [5.41, 5.74) is 1.95. The van der Waals surface area contributed by atoms with Crippen molar-refractivity contribution in [2.45, 2.75) is 20.3 Å². The molecule has 154 valence electrons. The van der Waals surface area contributed by atoms with Crippen LogP contribution in [0.5, 0.6) is 5.75 Å². The zero-order valence-corrected chi connectivity index (χ0v) is 16.9. The van der Waals surface area contributed by atoms with E-state index < -0.39 is 5.97 Å². The third-order valence-corrected chi connectivity index (χ3v) is 4.25. The maximum atomic E-state index is 12.1. The predicted molar refractivity (Wildman–Crippen MR) is 110 cm³/mol. The average molecular weight is 398 g/mol. The molecular weight excluding hydrogens is 372 g/mol. The standard InChI is InChI=1S/C22H26N2O5/c1-4-29-22(27)18-7-9-19(10-8-18)24(16(2)25)14-13-23-21(26)15-17-5-11-20(28-3)12-6-17/h5-12H,4,13-15H2,1-3H3,(H,23,26). The van der Waals surface area contributed by atoms with Crippen molar-refractivity contribution in [3.8, 4) is 5.75 Å². The Bertz CT molecular complexity index is 831. The molecule has 0 aromatic heterocycles. The fraction of sp³-hybridized carbons (Fsp3) is 0.318. The number of ether oxygens (including phenoxy) is 2. The Morgan fingerprint density at radius 1 is 1.00 bits per heavy atom. The van der Waals surface area contributed by atoms with Gasteiger partial charge < -0.3 is 19.7 Å². The first kappa shape index (κ1) is 21.9. The summed E-state index contributed by atoms with van der Waals surface area (Å²) in [6.07, 6.45) is 0.248. The number of carbonyl (C=O) groups is 3. The number of nitrogens with zero attached hydrogens (tertiary/aromatic N) is 1. The van der Waals surface area contributed by atoms with E-state index in [0.29, 0.717) is 30.9 Å². The maximum Gasteiger partial charge on any atom is 0.338 e. The Kier molecular flexibility index (Phi) is 8.21. The first-order valence-electron chi connectivity index (χ1n) is 9.39. The highest BCUT2D eigenvalue weighted by molar-refractivity contribution is 5.93. The summed E-state index contributed by atoms with van der Waals surface area (Å²) in [5, 5.41) is 2.82. The Morgan fingerprint density at radius 3 is 2.21 bits per heavy atom. The third-order valence-electron chi connectivity index (χ3n) is 4.25. The van der Waals surface area contributed by atoms with Gasteiger partial charge in [0, 0.05) is 25.7 Å². The van der Waals surface area contributed by atoms with Crippen LogP contribution in [0.1, 0.15) is 29.8 Å². The van der Waals surface area contributed by atoms with E-state index in [2.05, 4.69) is 5.32 Å². The smallest absolute Gasteiger partial charge is 0.338 e. The van der Waals surface area contributed by atoms with Gasteiger partial charge in [-0.2, -0.15) is 0 Å². The number of nitrogens with one attached hydrogen (secondary N) is 1. The lowest BCUT2D eigenvalue weighted by Gasteiger charge is -2.21. The van der Waals surface area contributed by atoms with E-state index in [4.69, 9.17) is 9.47 Å². The quantitative estimate of drug-likeness (QED) is 0.657. The number of methoxy groups -OCH3 is 1. The summed E-state index contributed by atoms with van der Waals surface area (Å²) < 4.78 is 10.1. The van der Waals surface area contributed by atoms with Gasteiger partial charge in [-0.1, -0.05) is 12.1 Å². The van der Waals surface area contributed by atoms with Gasteiger partial charge in [0.2, 0.25) is 11.8 Å². The molecule has 0 fully saturated rings. The zero-order valence-electron chi connectivity index (χ0n) is 16.9. The van der Waals surface area contributed by atoms with Crippen molar-refractivity contribution in [3.05, 3.63) is 59.7 Å². The number of hydrogen-bond acceptors (Lipinski definition) is 5. The van der Waals surface area contributed by atoms with Crippen LogP contribution < -0.4 is 15.0 Å². The van der Waals surface area contributed by atoms with Crippen molar-refractivity contribution in [1.29, 1.82) is 0 Å². The van der Waals surface area contributed by atoms with E-state index in [9.17, 15) is 14.4 Å². The number of hydrogen-bond donors (Lipinski definition) is 1. The van der Waals surface area contributed by atoms with Gasteiger partial charge in [0.1, 0.15) is 5.75 Å². The largest absolute Gasteiger partial charge is 0.497 e. The van der Waals surface area contributed by atoms with Gasteiger partial charge in [-0.05, 0) is 48.9 Å². The number of amides is 2. The molecule has 0 saturated heterocycles. The molecule has 0 aliphatic carbocycles. The molecule has 0 atom stereocenters. The molecule has 0 spiro atoms. The topological polar surface area (TPSA) is 84.9 Å². The van der Waals surface area contributed by atoms with Gasteiger partial charge in [0.05, 0.1) is 25.7 Å². The van der Waals surface area contributed by atoms with Crippen LogP contribution >= 0.6 is 0 Å². The highest BCUT2D eigenvalue weighted by Crippen LogP contribution is 2.16. The van der Waals surface area contributed by atoms with Crippen molar-refractivity contribution in [2.24, 2.45) is 0 Å². The molecule has 0 saturated carbocycles. The highest BCUT2D eigenvalue weighted by atomic mass is 16.5. The molecule has 29 heavy (non-hydrogen) atoms. The number of carbonyl (C=O) groups excluding carboxylic acids is 3. The second-order valence-electron chi connectivity index (χ2n) is 6.31. The van der Waals surface area contributed by atoms with Crippen molar-refractivity contribution >= 4 is 23.5 Å². The molecule has 2 aromatic rings. The SMILES string of the molecule is CCOC(=O)c1ccc(N(CCNC(=O)Cc2ccc(OC)cc2)C(C)=O)cc1. The van der Waals surface area contributed by atoms with Crippen LogP contribution in [0.15, 0.2) is 48.5 Å². The van der Waals surface area contributed by atoms with Gasteiger partial charge >= 0.3 is 5.97 Å². The molecule has 0 radical (unpaired) electrons. The van der Waals surface area contributed by atoms with E-state index in [0.717, 1.165) is 11.3 Å². The van der Waals surface area contributed by atoms with Crippen molar-refractivity contribution in [1.82, 2.24) is 5.32 Å². The summed E-state index contributed by atoms with van der Waals surface area (Å²) in [7, 11) is 1.59. The molecule has 0 unspecified atom stereocenters. The fourth-order valence-corrected chi connectivity index (χ4v) is 2.76. The summed E-state index contributed by atoms with van der Waals surface area (Å²) in [6, 6.07) is 13.9. The number of esters is 1. The van der Waals surface area contributed by atoms with Gasteiger partial charge in [0.15, 0.2) is 0 Å². The minimum Gasteiger partial charge on any atom is -0.497 e. The molecule has 7 nitrogen and oxygen atoms in total. The van der Waals surface area contributed by atoms with Gasteiger partial charge in [-0.25, -0.2) is 4.79 Å². The normalized spacial score (nSPS) is 10.2. The molecule has 2 rings (SSSR count). The molecule has 0 heterocycles. The van der Waals surface area contributed by atoms with Gasteiger partial charge in [0.25, 0.3) is 0 Å². The minimum atomic E-state index is -0.403. The summed E-state index contributed by atoms with van der Waals surface area (Å²) in [5.74, 6) is 0.0501. The Morgan fingerprint density at radius 2 is 1.66 bits per heavy atom. The fourth-order valence-electron chi connectivity index (χ4n) is 2.76. The molecule has 2 amide bonds. The van der Waals surface area contributed by atoms with Crippen molar-refractivity contribution in [3.63, 3.8) is 0 Å². The zero-order chi connectivity index (χ0) is 21.2.